The van der Waals surface area contributed by atoms with Crippen LogP contribution < -0.4 is 5.73 Å². The third kappa shape index (κ3) is 3.43. The van der Waals surface area contributed by atoms with E-state index in [1.807, 2.05) is 6.92 Å². The second-order valence-corrected chi connectivity index (χ2v) is 10.2. The molecule has 2 rings (SSSR count). The molecule has 1 amide bonds. The van der Waals surface area contributed by atoms with E-state index in [1.165, 1.54) is 6.42 Å². The zero-order valence-corrected chi connectivity index (χ0v) is 17.1. The second kappa shape index (κ2) is 7.20. The van der Waals surface area contributed by atoms with Gasteiger partial charge in [-0.3, -0.25) is 14.2 Å². The number of carbonyl (C=O) groups is 2. The maximum Gasteiger partial charge on any atom is 0.310 e. The van der Waals surface area contributed by atoms with Crippen molar-refractivity contribution in [2.24, 2.45) is 40.2 Å². The monoisotopic (exact) mass is 385 g/mol. The molecule has 0 aromatic heterocycles. The lowest BCUT2D eigenvalue weighted by molar-refractivity contribution is -0.148. The highest BCUT2D eigenvalue weighted by Crippen LogP contribution is 2.70. The van der Waals surface area contributed by atoms with Gasteiger partial charge in [0.25, 0.3) is 0 Å². The van der Waals surface area contributed by atoms with Crippen LogP contribution in [0.15, 0.2) is 0 Å². The van der Waals surface area contributed by atoms with Gasteiger partial charge in [-0.25, -0.2) is 0 Å². The first kappa shape index (κ1) is 21.3. The molecule has 2 fully saturated rings. The number of amides is 1. The lowest BCUT2D eigenvalue weighted by Gasteiger charge is -2.43. The molecule has 2 bridgehead atoms. The number of fused-ring (bicyclic) bond motifs is 2. The quantitative estimate of drug-likeness (QED) is 0.526. The number of aliphatic hydroxyl groups is 1. The average Bonchev–Trinajstić information content (AvgIpc) is 2.87. The Kier molecular flexibility index (Phi) is 5.90. The highest BCUT2D eigenvalue weighted by Gasteiger charge is 2.62. The third-order valence-corrected chi connectivity index (χ3v) is 8.67. The van der Waals surface area contributed by atoms with Gasteiger partial charge in [-0.05, 0) is 60.7 Å². The Morgan fingerprint density at radius 2 is 1.96 bits per heavy atom. The predicted octanol–water partition coefficient (Wildman–Crippen LogP) is 3.42. The first-order valence-electron chi connectivity index (χ1n) is 9.47. The van der Waals surface area contributed by atoms with Crippen LogP contribution in [-0.2, 0) is 14.2 Å². The number of aliphatic carboxylic acids is 1. The number of primary amides is 1. The molecule has 6 atom stereocenters. The van der Waals surface area contributed by atoms with Crippen molar-refractivity contribution in [3.05, 3.63) is 0 Å². The number of hydrogen-bond donors (Lipinski definition) is 3. The van der Waals surface area contributed by atoms with Crippen molar-refractivity contribution >= 4 is 20.3 Å². The molecule has 26 heavy (non-hydrogen) atoms. The zero-order valence-electron chi connectivity index (χ0n) is 16.2. The number of nitrogens with two attached hydrogens (primary N) is 1. The minimum absolute atomic E-state index is 0.0338. The summed E-state index contributed by atoms with van der Waals surface area (Å²) in [7, 11) is -0.611. The van der Waals surface area contributed by atoms with Crippen molar-refractivity contribution in [3.63, 3.8) is 0 Å². The Bertz CT molecular complexity index is 594. The number of carboxylic acids is 1. The Morgan fingerprint density at radius 1 is 1.35 bits per heavy atom. The summed E-state index contributed by atoms with van der Waals surface area (Å²) in [4.78, 5) is 22.7. The summed E-state index contributed by atoms with van der Waals surface area (Å²) in [6.07, 6.45) is 3.29. The molecule has 0 aromatic rings. The Labute approximate surface area is 157 Å². The summed E-state index contributed by atoms with van der Waals surface area (Å²) in [5.41, 5.74) is 5.48. The molecule has 6 unspecified atom stereocenters. The van der Waals surface area contributed by atoms with Crippen molar-refractivity contribution in [1.82, 2.24) is 0 Å². The molecular formula is C19H32NO5P. The predicted molar refractivity (Wildman–Crippen MR) is 98.6 cm³/mol. The molecule has 0 saturated heterocycles. The largest absolute Gasteiger partial charge is 0.481 e. The molecule has 0 radical (unpaired) electrons. The topological polar surface area (TPSA) is 118 Å². The summed E-state index contributed by atoms with van der Waals surface area (Å²) in [6, 6.07) is 0. The molecular weight excluding hydrogens is 353 g/mol. The summed E-state index contributed by atoms with van der Waals surface area (Å²) in [6.45, 7) is 8.94. The van der Waals surface area contributed by atoms with Crippen LogP contribution in [0.2, 0.25) is 0 Å². The Balaban J connectivity index is 2.19. The summed E-state index contributed by atoms with van der Waals surface area (Å²) in [5.74, 6) is -2.12. The standard InChI is InChI=1S/C19H32NO5P/c1-11(14-9-12-7-8-18(14,4)17(12,2)3)10-19(24,26-25)13(16(22)23)5-6-15(20)21/h11-14,24H,5-10H2,1-4H3,(H2,20,21)(H,22,23). The minimum Gasteiger partial charge on any atom is -0.481 e. The van der Waals surface area contributed by atoms with Crippen molar-refractivity contribution < 1.29 is 24.4 Å². The third-order valence-electron chi connectivity index (χ3n) is 7.86. The molecule has 2 saturated carbocycles. The number of carboxylic acid groups (broad SMARTS) is 1. The van der Waals surface area contributed by atoms with Gasteiger partial charge in [0.1, 0.15) is 0 Å². The minimum atomic E-state index is -1.89. The van der Waals surface area contributed by atoms with Crippen LogP contribution in [-0.4, -0.2) is 27.4 Å². The zero-order chi connectivity index (χ0) is 19.9. The molecule has 0 aliphatic heterocycles. The van der Waals surface area contributed by atoms with Crippen molar-refractivity contribution in [2.75, 3.05) is 0 Å². The smallest absolute Gasteiger partial charge is 0.310 e. The van der Waals surface area contributed by atoms with Crippen LogP contribution >= 0.6 is 8.46 Å². The van der Waals surface area contributed by atoms with Gasteiger partial charge in [0.2, 0.25) is 5.91 Å². The van der Waals surface area contributed by atoms with E-state index in [9.17, 15) is 24.4 Å². The van der Waals surface area contributed by atoms with Gasteiger partial charge < -0.3 is 15.9 Å². The fraction of sp³-hybridized carbons (Fsp3) is 0.895. The maximum absolute atomic E-state index is 11.8. The van der Waals surface area contributed by atoms with E-state index in [2.05, 4.69) is 20.8 Å². The first-order chi connectivity index (χ1) is 11.9. The highest BCUT2D eigenvalue weighted by atomic mass is 31.1. The average molecular weight is 385 g/mol. The van der Waals surface area contributed by atoms with Gasteiger partial charge in [0, 0.05) is 6.42 Å². The lowest BCUT2D eigenvalue weighted by atomic mass is 9.62. The van der Waals surface area contributed by atoms with Crippen LogP contribution in [0.25, 0.3) is 0 Å². The van der Waals surface area contributed by atoms with Gasteiger partial charge in [-0.15, -0.1) is 0 Å². The molecule has 0 heterocycles. The van der Waals surface area contributed by atoms with Crippen LogP contribution in [0, 0.1) is 34.5 Å². The number of carbonyl (C=O) groups excluding carboxylic acids is 1. The normalized spacial score (nSPS) is 34.3. The van der Waals surface area contributed by atoms with Crippen LogP contribution in [0.4, 0.5) is 0 Å². The van der Waals surface area contributed by atoms with Crippen molar-refractivity contribution in [3.8, 4) is 0 Å². The molecule has 2 aliphatic rings. The molecule has 148 valence electrons. The highest BCUT2D eigenvalue weighted by molar-refractivity contribution is 7.25. The van der Waals surface area contributed by atoms with Crippen LogP contribution in [0.5, 0.6) is 0 Å². The fourth-order valence-electron chi connectivity index (χ4n) is 5.82. The molecule has 7 heteroatoms. The molecule has 0 aromatic carbocycles. The van der Waals surface area contributed by atoms with Gasteiger partial charge in [0.15, 0.2) is 13.8 Å². The van der Waals surface area contributed by atoms with Gasteiger partial charge in [-0.1, -0.05) is 27.7 Å². The van der Waals surface area contributed by atoms with Crippen LogP contribution in [0.3, 0.4) is 0 Å². The van der Waals surface area contributed by atoms with E-state index in [0.717, 1.165) is 12.8 Å². The fourth-order valence-corrected chi connectivity index (χ4v) is 6.55. The molecule has 6 nitrogen and oxygen atoms in total. The number of hydrogen-bond acceptors (Lipinski definition) is 4. The van der Waals surface area contributed by atoms with E-state index in [1.54, 1.807) is 0 Å². The second-order valence-electron chi connectivity index (χ2n) is 9.26. The summed E-state index contributed by atoms with van der Waals surface area (Å²) >= 11 is 0. The maximum atomic E-state index is 11.8. The molecule has 0 spiro atoms. The van der Waals surface area contributed by atoms with E-state index in [0.29, 0.717) is 11.8 Å². The molecule has 4 N–H and O–H groups in total. The number of rotatable bonds is 9. The van der Waals surface area contributed by atoms with E-state index in [4.69, 9.17) is 5.73 Å². The molecule has 2 aliphatic carbocycles. The van der Waals surface area contributed by atoms with E-state index < -0.39 is 31.6 Å². The van der Waals surface area contributed by atoms with Gasteiger partial charge >= 0.3 is 5.97 Å². The van der Waals surface area contributed by atoms with Crippen molar-refractivity contribution in [2.45, 2.75) is 71.6 Å². The Morgan fingerprint density at radius 3 is 2.35 bits per heavy atom. The SMILES string of the molecule is CC(CC(O)(P=O)C(CCC(N)=O)C(=O)O)C1CC2CCC1(C)C2(C)C. The first-order valence-corrected chi connectivity index (χ1v) is 10.3. The van der Waals surface area contributed by atoms with Gasteiger partial charge in [-0.2, -0.15) is 0 Å². The summed E-state index contributed by atoms with van der Waals surface area (Å²) < 4.78 is 11.8. The van der Waals surface area contributed by atoms with E-state index >= 15 is 0 Å². The van der Waals surface area contributed by atoms with Crippen molar-refractivity contribution in [1.29, 1.82) is 0 Å². The Hall–Kier alpha value is -1.00. The van der Waals surface area contributed by atoms with Crippen LogP contribution in [0.1, 0.15) is 66.2 Å². The van der Waals surface area contributed by atoms with Gasteiger partial charge in [0.05, 0.1) is 5.92 Å². The lowest BCUT2D eigenvalue weighted by Crippen LogP contribution is -2.42. The van der Waals surface area contributed by atoms with E-state index in [-0.39, 0.29) is 36.0 Å². The summed E-state index contributed by atoms with van der Waals surface area (Å²) in [5, 5.41) is 18.5.